The number of hydrogen-bond donors (Lipinski definition) is 1. The molecule has 27 heavy (non-hydrogen) atoms. The summed E-state index contributed by atoms with van der Waals surface area (Å²) in [5, 5.41) is 23.7. The SMILES string of the molecule is O=C(Nc1ccc2ccccc2c1)c1ccn(Cn2cc([N+](=O)[O-])cn2)n1. The van der Waals surface area contributed by atoms with Crippen LogP contribution in [0.15, 0.2) is 67.1 Å². The van der Waals surface area contributed by atoms with E-state index in [4.69, 9.17) is 0 Å². The lowest BCUT2D eigenvalue weighted by atomic mass is 10.1. The topological polar surface area (TPSA) is 108 Å². The number of fused-ring (bicyclic) bond motifs is 1. The standard InChI is InChI=1S/C18H14N6O3/c25-18(20-15-6-5-13-3-1-2-4-14(13)9-15)17-7-8-22(21-17)12-23-11-16(10-19-23)24(26)27/h1-11H,12H2,(H,20,25). The molecule has 0 fully saturated rings. The fraction of sp³-hybridized carbons (Fsp3) is 0.0556. The van der Waals surface area contributed by atoms with E-state index in [0.29, 0.717) is 5.69 Å². The summed E-state index contributed by atoms with van der Waals surface area (Å²) in [6, 6.07) is 15.1. The number of amides is 1. The van der Waals surface area contributed by atoms with Crippen LogP contribution in [0.4, 0.5) is 11.4 Å². The van der Waals surface area contributed by atoms with Crippen LogP contribution in [0.3, 0.4) is 0 Å². The maximum Gasteiger partial charge on any atom is 0.307 e. The molecule has 0 aliphatic carbocycles. The van der Waals surface area contributed by atoms with Gasteiger partial charge >= 0.3 is 5.69 Å². The Morgan fingerprint density at radius 3 is 2.70 bits per heavy atom. The van der Waals surface area contributed by atoms with Gasteiger partial charge in [0.05, 0.1) is 4.92 Å². The van der Waals surface area contributed by atoms with Gasteiger partial charge in [0.1, 0.15) is 19.1 Å². The summed E-state index contributed by atoms with van der Waals surface area (Å²) in [6.07, 6.45) is 4.08. The van der Waals surface area contributed by atoms with E-state index in [9.17, 15) is 14.9 Å². The molecule has 2 aromatic carbocycles. The lowest BCUT2D eigenvalue weighted by Crippen LogP contribution is -2.14. The molecule has 0 atom stereocenters. The van der Waals surface area contributed by atoms with E-state index in [-0.39, 0.29) is 24.0 Å². The molecular formula is C18H14N6O3. The zero-order chi connectivity index (χ0) is 18.8. The van der Waals surface area contributed by atoms with Crippen LogP contribution in [0.1, 0.15) is 10.5 Å². The predicted molar refractivity (Wildman–Crippen MR) is 98.4 cm³/mol. The van der Waals surface area contributed by atoms with Crippen molar-refractivity contribution in [1.82, 2.24) is 19.6 Å². The number of nitrogens with zero attached hydrogens (tertiary/aromatic N) is 5. The Balaban J connectivity index is 1.46. The van der Waals surface area contributed by atoms with Crippen molar-refractivity contribution in [3.8, 4) is 0 Å². The minimum atomic E-state index is -0.519. The Hall–Kier alpha value is -4.01. The lowest BCUT2D eigenvalue weighted by molar-refractivity contribution is -0.385. The molecular weight excluding hydrogens is 348 g/mol. The molecule has 0 bridgehead atoms. The second-order valence-corrected chi connectivity index (χ2v) is 5.89. The molecule has 0 unspecified atom stereocenters. The van der Waals surface area contributed by atoms with Gasteiger partial charge in [0.25, 0.3) is 5.91 Å². The van der Waals surface area contributed by atoms with Crippen LogP contribution >= 0.6 is 0 Å². The predicted octanol–water partition coefficient (Wildman–Crippen LogP) is 2.90. The Kier molecular flexibility index (Phi) is 4.09. The Morgan fingerprint density at radius 2 is 1.93 bits per heavy atom. The van der Waals surface area contributed by atoms with Gasteiger partial charge in [-0.25, -0.2) is 4.68 Å². The van der Waals surface area contributed by atoms with Gasteiger partial charge in [-0.2, -0.15) is 10.2 Å². The van der Waals surface area contributed by atoms with E-state index in [1.165, 1.54) is 15.6 Å². The molecule has 2 aromatic heterocycles. The van der Waals surface area contributed by atoms with E-state index in [1.54, 1.807) is 12.3 Å². The Bertz CT molecular complexity index is 1150. The van der Waals surface area contributed by atoms with Crippen molar-refractivity contribution in [3.05, 3.63) is 82.9 Å². The molecule has 0 saturated carbocycles. The number of rotatable bonds is 5. The molecule has 4 rings (SSSR count). The molecule has 4 aromatic rings. The highest BCUT2D eigenvalue weighted by Gasteiger charge is 2.12. The quantitative estimate of drug-likeness (QED) is 0.434. The van der Waals surface area contributed by atoms with Gasteiger partial charge in [0, 0.05) is 11.9 Å². The van der Waals surface area contributed by atoms with E-state index < -0.39 is 4.92 Å². The number of nitrogens with one attached hydrogen (secondary N) is 1. The van der Waals surface area contributed by atoms with Crippen LogP contribution in [0.5, 0.6) is 0 Å². The first-order valence-corrected chi connectivity index (χ1v) is 8.09. The molecule has 0 spiro atoms. The smallest absolute Gasteiger partial charge is 0.307 e. The van der Waals surface area contributed by atoms with E-state index >= 15 is 0 Å². The third-order valence-electron chi connectivity index (χ3n) is 4.00. The zero-order valence-electron chi connectivity index (χ0n) is 14.0. The van der Waals surface area contributed by atoms with E-state index in [2.05, 4.69) is 15.5 Å². The summed E-state index contributed by atoms with van der Waals surface area (Å²) in [5.41, 5.74) is 0.817. The summed E-state index contributed by atoms with van der Waals surface area (Å²) in [6.45, 7) is 0.164. The van der Waals surface area contributed by atoms with Crippen LogP contribution in [0, 0.1) is 10.1 Å². The summed E-state index contributed by atoms with van der Waals surface area (Å²) in [7, 11) is 0. The molecule has 0 aliphatic heterocycles. The van der Waals surface area contributed by atoms with Crippen molar-refractivity contribution in [2.45, 2.75) is 6.67 Å². The number of anilines is 1. The second kappa shape index (κ2) is 6.71. The van der Waals surface area contributed by atoms with Crippen LogP contribution in [0.2, 0.25) is 0 Å². The summed E-state index contributed by atoms with van der Waals surface area (Å²) in [4.78, 5) is 22.6. The average Bonchev–Trinajstić information content (AvgIpc) is 3.32. The maximum absolute atomic E-state index is 12.4. The van der Waals surface area contributed by atoms with Crippen LogP contribution in [-0.4, -0.2) is 30.4 Å². The maximum atomic E-state index is 12.4. The average molecular weight is 362 g/mol. The molecule has 0 radical (unpaired) electrons. The van der Waals surface area contributed by atoms with E-state index in [1.807, 2.05) is 42.5 Å². The third kappa shape index (κ3) is 3.52. The molecule has 0 aliphatic rings. The first kappa shape index (κ1) is 16.5. The van der Waals surface area contributed by atoms with Gasteiger partial charge in [0.2, 0.25) is 0 Å². The number of nitro groups is 1. The first-order chi connectivity index (χ1) is 13.1. The van der Waals surface area contributed by atoms with Gasteiger partial charge in [-0.15, -0.1) is 0 Å². The van der Waals surface area contributed by atoms with Crippen LogP contribution < -0.4 is 5.32 Å². The Labute approximate surface area is 153 Å². The Morgan fingerprint density at radius 1 is 1.11 bits per heavy atom. The fourth-order valence-corrected chi connectivity index (χ4v) is 2.70. The number of carbonyl (C=O) groups is 1. The van der Waals surface area contributed by atoms with Gasteiger partial charge in [-0.3, -0.25) is 19.6 Å². The third-order valence-corrected chi connectivity index (χ3v) is 4.00. The second-order valence-electron chi connectivity index (χ2n) is 5.89. The molecule has 9 nitrogen and oxygen atoms in total. The van der Waals surface area contributed by atoms with Gasteiger partial charge < -0.3 is 5.32 Å². The number of carbonyl (C=O) groups excluding carboxylic acids is 1. The summed E-state index contributed by atoms with van der Waals surface area (Å²) in [5.74, 6) is -0.338. The largest absolute Gasteiger partial charge is 0.321 e. The molecule has 1 amide bonds. The fourth-order valence-electron chi connectivity index (χ4n) is 2.70. The molecule has 2 heterocycles. The minimum Gasteiger partial charge on any atom is -0.321 e. The first-order valence-electron chi connectivity index (χ1n) is 8.09. The molecule has 1 N–H and O–H groups in total. The van der Waals surface area contributed by atoms with Crippen molar-refractivity contribution >= 4 is 28.1 Å². The van der Waals surface area contributed by atoms with Crippen LogP contribution in [0.25, 0.3) is 10.8 Å². The van der Waals surface area contributed by atoms with Crippen molar-refractivity contribution in [2.24, 2.45) is 0 Å². The number of hydrogen-bond acceptors (Lipinski definition) is 5. The van der Waals surface area contributed by atoms with E-state index in [0.717, 1.165) is 17.0 Å². The highest BCUT2D eigenvalue weighted by molar-refractivity contribution is 6.03. The van der Waals surface area contributed by atoms with Crippen molar-refractivity contribution in [1.29, 1.82) is 0 Å². The van der Waals surface area contributed by atoms with Crippen molar-refractivity contribution < 1.29 is 9.72 Å². The lowest BCUT2D eigenvalue weighted by Gasteiger charge is -2.05. The zero-order valence-corrected chi connectivity index (χ0v) is 14.0. The van der Waals surface area contributed by atoms with Crippen molar-refractivity contribution in [2.75, 3.05) is 5.32 Å². The van der Waals surface area contributed by atoms with Gasteiger partial charge in [-0.1, -0.05) is 30.3 Å². The molecule has 134 valence electrons. The monoisotopic (exact) mass is 362 g/mol. The number of benzene rings is 2. The number of aromatic nitrogens is 4. The highest BCUT2D eigenvalue weighted by Crippen LogP contribution is 2.19. The summed E-state index contributed by atoms with van der Waals surface area (Å²) >= 11 is 0. The van der Waals surface area contributed by atoms with Crippen LogP contribution in [-0.2, 0) is 6.67 Å². The molecule has 9 heteroatoms. The van der Waals surface area contributed by atoms with Crippen molar-refractivity contribution in [3.63, 3.8) is 0 Å². The summed E-state index contributed by atoms with van der Waals surface area (Å²) < 4.78 is 2.85. The van der Waals surface area contributed by atoms with Gasteiger partial charge in [-0.05, 0) is 29.0 Å². The van der Waals surface area contributed by atoms with Gasteiger partial charge in [0.15, 0.2) is 5.69 Å². The normalized spacial score (nSPS) is 10.8. The highest BCUT2D eigenvalue weighted by atomic mass is 16.6. The molecule has 0 saturated heterocycles. The minimum absolute atomic E-state index is 0.101.